The monoisotopic (exact) mass is 240 g/mol. The normalized spacial score (nSPS) is 35.3. The molecule has 0 amide bonds. The first-order valence-electron chi connectivity index (χ1n) is 7.36. The molecule has 1 heterocycles. The molecule has 100 valence electrons. The van der Waals surface area contributed by atoms with Gasteiger partial charge in [-0.1, -0.05) is 13.3 Å². The van der Waals surface area contributed by atoms with Gasteiger partial charge in [-0.2, -0.15) is 0 Å². The molecule has 3 heteroatoms. The molecule has 2 fully saturated rings. The SMILES string of the molecule is CCNC1CCCC1CCN1CCOCC1C. The molecule has 1 N–H and O–H groups in total. The highest BCUT2D eigenvalue weighted by atomic mass is 16.5. The zero-order valence-corrected chi connectivity index (χ0v) is 11.5. The Kier molecular flexibility index (Phi) is 5.26. The third-order valence-electron chi connectivity index (χ3n) is 4.42. The van der Waals surface area contributed by atoms with Crippen LogP contribution in [0.5, 0.6) is 0 Å². The van der Waals surface area contributed by atoms with Gasteiger partial charge in [-0.3, -0.25) is 4.90 Å². The van der Waals surface area contributed by atoms with Crippen LogP contribution in [0.2, 0.25) is 0 Å². The summed E-state index contributed by atoms with van der Waals surface area (Å²) >= 11 is 0. The van der Waals surface area contributed by atoms with Gasteiger partial charge in [-0.25, -0.2) is 0 Å². The Morgan fingerprint density at radius 3 is 3.00 bits per heavy atom. The second kappa shape index (κ2) is 6.72. The van der Waals surface area contributed by atoms with Crippen molar-refractivity contribution in [2.75, 3.05) is 32.8 Å². The van der Waals surface area contributed by atoms with E-state index in [9.17, 15) is 0 Å². The van der Waals surface area contributed by atoms with Gasteiger partial charge in [0.1, 0.15) is 0 Å². The molecule has 3 atom stereocenters. The molecule has 0 aromatic heterocycles. The average Bonchev–Trinajstić information content (AvgIpc) is 2.76. The van der Waals surface area contributed by atoms with Gasteiger partial charge in [-0.15, -0.1) is 0 Å². The van der Waals surface area contributed by atoms with Crippen molar-refractivity contribution < 1.29 is 4.74 Å². The first kappa shape index (κ1) is 13.3. The van der Waals surface area contributed by atoms with E-state index in [4.69, 9.17) is 4.74 Å². The van der Waals surface area contributed by atoms with Gasteiger partial charge in [0, 0.05) is 18.6 Å². The molecule has 0 aromatic rings. The first-order valence-corrected chi connectivity index (χ1v) is 7.36. The lowest BCUT2D eigenvalue weighted by Gasteiger charge is -2.34. The van der Waals surface area contributed by atoms with Gasteiger partial charge in [0.15, 0.2) is 0 Å². The number of ether oxygens (including phenoxy) is 1. The summed E-state index contributed by atoms with van der Waals surface area (Å²) in [6, 6.07) is 1.40. The molecule has 2 aliphatic rings. The van der Waals surface area contributed by atoms with Crippen molar-refractivity contribution in [3.63, 3.8) is 0 Å². The van der Waals surface area contributed by atoms with Crippen LogP contribution in [0, 0.1) is 5.92 Å². The second-order valence-corrected chi connectivity index (χ2v) is 5.60. The van der Waals surface area contributed by atoms with E-state index in [1.807, 2.05) is 0 Å². The van der Waals surface area contributed by atoms with Crippen LogP contribution in [-0.2, 0) is 4.74 Å². The minimum absolute atomic E-state index is 0.614. The van der Waals surface area contributed by atoms with Gasteiger partial charge in [-0.05, 0) is 45.2 Å². The molecular weight excluding hydrogens is 212 g/mol. The maximum atomic E-state index is 5.49. The standard InChI is InChI=1S/C14H28N2O/c1-3-15-14-6-4-5-13(14)7-8-16-9-10-17-11-12(16)2/h12-15H,3-11H2,1-2H3. The lowest BCUT2D eigenvalue weighted by molar-refractivity contribution is -0.00283. The fourth-order valence-electron chi connectivity index (χ4n) is 3.34. The predicted molar refractivity (Wildman–Crippen MR) is 71.3 cm³/mol. The van der Waals surface area contributed by atoms with Crippen molar-refractivity contribution >= 4 is 0 Å². The molecule has 2 rings (SSSR count). The molecule has 0 spiro atoms. The van der Waals surface area contributed by atoms with E-state index >= 15 is 0 Å². The molecule has 1 aliphatic carbocycles. The van der Waals surface area contributed by atoms with Gasteiger partial charge in [0.2, 0.25) is 0 Å². The Morgan fingerprint density at radius 2 is 2.24 bits per heavy atom. The maximum Gasteiger partial charge on any atom is 0.0619 e. The number of rotatable bonds is 5. The summed E-state index contributed by atoms with van der Waals surface area (Å²) in [6.45, 7) is 9.86. The second-order valence-electron chi connectivity index (χ2n) is 5.60. The van der Waals surface area contributed by atoms with Crippen LogP contribution in [0.25, 0.3) is 0 Å². The van der Waals surface area contributed by atoms with Crippen molar-refractivity contribution in [1.82, 2.24) is 10.2 Å². The smallest absolute Gasteiger partial charge is 0.0619 e. The van der Waals surface area contributed by atoms with E-state index in [-0.39, 0.29) is 0 Å². The highest BCUT2D eigenvalue weighted by molar-refractivity contribution is 4.84. The third kappa shape index (κ3) is 3.67. The van der Waals surface area contributed by atoms with E-state index in [0.717, 1.165) is 38.3 Å². The Morgan fingerprint density at radius 1 is 1.35 bits per heavy atom. The Labute approximate surface area is 106 Å². The molecule has 1 saturated heterocycles. The fraction of sp³-hybridized carbons (Fsp3) is 1.00. The van der Waals surface area contributed by atoms with Crippen LogP contribution in [0.3, 0.4) is 0 Å². The van der Waals surface area contributed by atoms with Crippen molar-refractivity contribution in [1.29, 1.82) is 0 Å². The highest BCUT2D eigenvalue weighted by Crippen LogP contribution is 2.28. The van der Waals surface area contributed by atoms with E-state index < -0.39 is 0 Å². The topological polar surface area (TPSA) is 24.5 Å². The minimum atomic E-state index is 0.614. The van der Waals surface area contributed by atoms with Crippen molar-refractivity contribution in [2.24, 2.45) is 5.92 Å². The van der Waals surface area contributed by atoms with Crippen LogP contribution in [0.4, 0.5) is 0 Å². The summed E-state index contributed by atoms with van der Waals surface area (Å²) in [4.78, 5) is 2.60. The lowest BCUT2D eigenvalue weighted by atomic mass is 9.98. The summed E-state index contributed by atoms with van der Waals surface area (Å²) in [5, 5.41) is 3.65. The van der Waals surface area contributed by atoms with Crippen LogP contribution in [-0.4, -0.2) is 49.8 Å². The quantitative estimate of drug-likeness (QED) is 0.794. The van der Waals surface area contributed by atoms with Crippen molar-refractivity contribution in [3.05, 3.63) is 0 Å². The molecule has 3 unspecified atom stereocenters. The van der Waals surface area contributed by atoms with E-state index in [2.05, 4.69) is 24.1 Å². The Balaban J connectivity index is 1.73. The zero-order chi connectivity index (χ0) is 12.1. The van der Waals surface area contributed by atoms with Crippen LogP contribution in [0.1, 0.15) is 39.5 Å². The van der Waals surface area contributed by atoms with Crippen molar-refractivity contribution in [2.45, 2.75) is 51.6 Å². The molecule has 0 radical (unpaired) electrons. The average molecular weight is 240 g/mol. The number of hydrogen-bond donors (Lipinski definition) is 1. The number of hydrogen-bond acceptors (Lipinski definition) is 3. The molecule has 1 aliphatic heterocycles. The summed E-state index contributed by atoms with van der Waals surface area (Å²) < 4.78 is 5.49. The first-order chi connectivity index (χ1) is 8.31. The number of morpholine rings is 1. The summed E-state index contributed by atoms with van der Waals surface area (Å²) in [5.74, 6) is 0.907. The molecule has 0 aromatic carbocycles. The van der Waals surface area contributed by atoms with Crippen LogP contribution in [0.15, 0.2) is 0 Å². The predicted octanol–water partition coefficient (Wildman–Crippen LogP) is 1.88. The fourth-order valence-corrected chi connectivity index (χ4v) is 3.34. The lowest BCUT2D eigenvalue weighted by Crippen LogP contribution is -2.45. The Bertz CT molecular complexity index is 222. The van der Waals surface area contributed by atoms with Gasteiger partial charge in [0.25, 0.3) is 0 Å². The van der Waals surface area contributed by atoms with Crippen LogP contribution < -0.4 is 5.32 Å². The summed E-state index contributed by atoms with van der Waals surface area (Å²) in [6.07, 6.45) is 5.59. The minimum Gasteiger partial charge on any atom is -0.379 e. The zero-order valence-electron chi connectivity index (χ0n) is 11.5. The van der Waals surface area contributed by atoms with E-state index in [1.165, 1.54) is 32.2 Å². The summed E-state index contributed by atoms with van der Waals surface area (Å²) in [5.41, 5.74) is 0. The molecule has 17 heavy (non-hydrogen) atoms. The van der Waals surface area contributed by atoms with Crippen molar-refractivity contribution in [3.8, 4) is 0 Å². The largest absolute Gasteiger partial charge is 0.379 e. The highest BCUT2D eigenvalue weighted by Gasteiger charge is 2.27. The molecular formula is C14H28N2O. The number of nitrogens with one attached hydrogen (secondary N) is 1. The van der Waals surface area contributed by atoms with Crippen LogP contribution >= 0.6 is 0 Å². The molecule has 1 saturated carbocycles. The molecule has 3 nitrogen and oxygen atoms in total. The Hall–Kier alpha value is -0.120. The van der Waals surface area contributed by atoms with Gasteiger partial charge >= 0.3 is 0 Å². The third-order valence-corrected chi connectivity index (χ3v) is 4.42. The summed E-state index contributed by atoms with van der Waals surface area (Å²) in [7, 11) is 0. The maximum absolute atomic E-state index is 5.49. The molecule has 0 bridgehead atoms. The van der Waals surface area contributed by atoms with E-state index in [1.54, 1.807) is 0 Å². The van der Waals surface area contributed by atoms with E-state index in [0.29, 0.717) is 6.04 Å². The van der Waals surface area contributed by atoms with Gasteiger partial charge in [0.05, 0.1) is 13.2 Å². The number of nitrogens with zero attached hydrogens (tertiary/aromatic N) is 1. The van der Waals surface area contributed by atoms with Gasteiger partial charge < -0.3 is 10.1 Å².